The van der Waals surface area contributed by atoms with Crippen LogP contribution < -0.4 is 4.90 Å². The first-order valence-corrected chi connectivity index (χ1v) is 17.5. The van der Waals surface area contributed by atoms with E-state index in [9.17, 15) is 0 Å². The molecule has 0 fully saturated rings. The number of hydrogen-bond donors (Lipinski definition) is 2. The van der Waals surface area contributed by atoms with Crippen LogP contribution in [0.5, 0.6) is 0 Å². The predicted octanol–water partition coefficient (Wildman–Crippen LogP) is 3.94. The molecule has 0 aliphatic rings. The molecule has 0 radical (unpaired) electrons. The molecule has 15 heteroatoms. The largest absolute Gasteiger partial charge is 0.394 e. The van der Waals surface area contributed by atoms with Crippen LogP contribution in [-0.2, 0) is 37.9 Å². The molecule has 2 aromatic carbocycles. The first kappa shape index (κ1) is 40.8. The lowest BCUT2D eigenvalue weighted by Crippen LogP contribution is -2.31. The number of thiazole rings is 1. The van der Waals surface area contributed by atoms with Gasteiger partial charge in [-0.2, -0.15) is 0 Å². The zero-order valence-corrected chi connectivity index (χ0v) is 29.4. The summed E-state index contributed by atoms with van der Waals surface area (Å²) in [5.74, 6) is 0. The third-order valence-electron chi connectivity index (χ3n) is 6.79. The molecule has 0 bridgehead atoms. The van der Waals surface area contributed by atoms with Gasteiger partial charge >= 0.3 is 0 Å². The van der Waals surface area contributed by atoms with E-state index < -0.39 is 0 Å². The summed E-state index contributed by atoms with van der Waals surface area (Å²) in [6.45, 7) is 10.8. The maximum Gasteiger partial charge on any atom is 0.231 e. The first-order valence-electron chi connectivity index (χ1n) is 16.7. The Kier molecular flexibility index (Phi) is 22.5. The van der Waals surface area contributed by atoms with E-state index in [1.54, 1.807) is 0 Å². The van der Waals surface area contributed by atoms with E-state index in [1.165, 1.54) is 11.3 Å². The van der Waals surface area contributed by atoms with Gasteiger partial charge in [0.25, 0.3) is 0 Å². The molecule has 3 aromatic rings. The Hall–Kier alpha value is -2.67. The molecule has 1 aromatic heterocycles. The smallest absolute Gasteiger partial charge is 0.231 e. The quantitative estimate of drug-likeness (QED) is 0.0735. The van der Waals surface area contributed by atoms with E-state index >= 15 is 0 Å². The number of rotatable bonds is 31. The van der Waals surface area contributed by atoms with Gasteiger partial charge in [0.05, 0.1) is 135 Å². The molecular weight excluding hydrogens is 656 g/mol. The second kappa shape index (κ2) is 27.1. The number of benzene rings is 2. The van der Waals surface area contributed by atoms with Gasteiger partial charge in [0.15, 0.2) is 0 Å². The molecule has 0 spiro atoms. The minimum atomic E-state index is 0.0120. The van der Waals surface area contributed by atoms with E-state index in [0.717, 1.165) is 27.2 Å². The molecule has 0 unspecified atom stereocenters. The van der Waals surface area contributed by atoms with E-state index in [0.29, 0.717) is 124 Å². The summed E-state index contributed by atoms with van der Waals surface area (Å²) in [4.78, 5) is 6.82. The fraction of sp³-hybridized carbons (Fsp3) is 0.618. The molecule has 0 amide bonds. The van der Waals surface area contributed by atoms with Gasteiger partial charge in [-0.3, -0.25) is 0 Å². The second-order valence-electron chi connectivity index (χ2n) is 10.5. The summed E-state index contributed by atoms with van der Waals surface area (Å²) in [5.41, 5.74) is 3.85. The van der Waals surface area contributed by atoms with Crippen molar-refractivity contribution in [2.75, 3.05) is 137 Å². The zero-order valence-electron chi connectivity index (χ0n) is 28.5. The lowest BCUT2D eigenvalue weighted by Gasteiger charge is -2.25. The van der Waals surface area contributed by atoms with Crippen molar-refractivity contribution in [3.05, 3.63) is 48.0 Å². The number of azo groups is 1. The maximum atomic E-state index is 8.69. The number of aromatic nitrogens is 1. The minimum Gasteiger partial charge on any atom is -0.394 e. The van der Waals surface area contributed by atoms with Crippen molar-refractivity contribution in [2.45, 2.75) is 6.92 Å². The molecule has 0 atom stereocenters. The Morgan fingerprint density at radius 2 is 1.02 bits per heavy atom. The van der Waals surface area contributed by atoms with E-state index in [4.69, 9.17) is 48.1 Å². The minimum absolute atomic E-state index is 0.0120. The number of aryl methyl sites for hydroxylation is 1. The van der Waals surface area contributed by atoms with Crippen LogP contribution in [-0.4, -0.2) is 147 Å². The van der Waals surface area contributed by atoms with Gasteiger partial charge in [-0.25, -0.2) is 4.98 Å². The number of aliphatic hydroxyl groups is 2. The Bertz CT molecular complexity index is 1240. The fourth-order valence-electron chi connectivity index (χ4n) is 4.32. The molecule has 274 valence electrons. The van der Waals surface area contributed by atoms with E-state index in [-0.39, 0.29) is 13.2 Å². The van der Waals surface area contributed by atoms with Gasteiger partial charge in [0.2, 0.25) is 5.13 Å². The number of fused-ring (bicyclic) bond motifs is 1. The van der Waals surface area contributed by atoms with Crippen LogP contribution in [0.2, 0.25) is 0 Å². The molecule has 0 saturated heterocycles. The Balaban J connectivity index is 1.38. The first-order chi connectivity index (χ1) is 24.2. The van der Waals surface area contributed by atoms with Crippen LogP contribution in [0.4, 0.5) is 16.5 Å². The molecular formula is C34H52N4O10S. The van der Waals surface area contributed by atoms with Crippen molar-refractivity contribution in [3.63, 3.8) is 0 Å². The lowest BCUT2D eigenvalue weighted by atomic mass is 10.2. The van der Waals surface area contributed by atoms with Gasteiger partial charge in [-0.15, -0.1) is 10.2 Å². The monoisotopic (exact) mass is 708 g/mol. The fourth-order valence-corrected chi connectivity index (χ4v) is 5.19. The lowest BCUT2D eigenvalue weighted by molar-refractivity contribution is -0.00591. The van der Waals surface area contributed by atoms with Gasteiger partial charge in [-0.1, -0.05) is 23.5 Å². The molecule has 14 nitrogen and oxygen atoms in total. The van der Waals surface area contributed by atoms with Crippen LogP contribution in [0.1, 0.15) is 5.56 Å². The number of ether oxygens (including phenoxy) is 8. The highest BCUT2D eigenvalue weighted by Crippen LogP contribution is 2.31. The van der Waals surface area contributed by atoms with Crippen molar-refractivity contribution in [2.24, 2.45) is 10.2 Å². The average Bonchev–Trinajstić information content (AvgIpc) is 3.55. The molecule has 0 saturated carbocycles. The predicted molar refractivity (Wildman–Crippen MR) is 188 cm³/mol. The Morgan fingerprint density at radius 1 is 0.571 bits per heavy atom. The van der Waals surface area contributed by atoms with Crippen LogP contribution in [0.3, 0.4) is 0 Å². The summed E-state index contributed by atoms with van der Waals surface area (Å²) in [7, 11) is 0. The summed E-state index contributed by atoms with van der Waals surface area (Å²) in [6.07, 6.45) is 0. The molecule has 2 N–H and O–H groups in total. The number of hydrogen-bond acceptors (Lipinski definition) is 15. The highest BCUT2D eigenvalue weighted by Gasteiger charge is 2.08. The number of para-hydroxylation sites is 1. The van der Waals surface area contributed by atoms with Gasteiger partial charge in [0, 0.05) is 18.8 Å². The van der Waals surface area contributed by atoms with Gasteiger partial charge < -0.3 is 53.0 Å². The average molecular weight is 709 g/mol. The van der Waals surface area contributed by atoms with Gasteiger partial charge in [0.1, 0.15) is 0 Å². The summed E-state index contributed by atoms with van der Waals surface area (Å²) < 4.78 is 45.1. The molecule has 0 aliphatic heterocycles. The summed E-state index contributed by atoms with van der Waals surface area (Å²) in [6, 6.07) is 14.0. The maximum absolute atomic E-state index is 8.69. The zero-order chi connectivity index (χ0) is 34.6. The molecule has 1 heterocycles. The topological polar surface area (TPSA) is 155 Å². The van der Waals surface area contributed by atoms with E-state index in [2.05, 4.69) is 20.1 Å². The van der Waals surface area contributed by atoms with Crippen molar-refractivity contribution in [3.8, 4) is 0 Å². The second-order valence-corrected chi connectivity index (χ2v) is 11.5. The standard InChI is InChI=1S/C34H52N4O10S/c1-29-3-2-4-32-33(29)35-34(49-32)37-36-30-5-7-31(8-6-30)38(9-13-41-17-21-45-25-27-47-23-19-43-15-11-39)10-14-42-18-22-46-26-28-48-24-20-44-16-12-40/h2-8,39-40H,9-28H2,1H3/b37-36+. The normalized spacial score (nSPS) is 11.7. The van der Waals surface area contributed by atoms with Crippen molar-refractivity contribution in [1.29, 1.82) is 0 Å². The molecule has 49 heavy (non-hydrogen) atoms. The highest BCUT2D eigenvalue weighted by molar-refractivity contribution is 7.21. The van der Waals surface area contributed by atoms with Crippen molar-refractivity contribution in [1.82, 2.24) is 4.98 Å². The van der Waals surface area contributed by atoms with E-state index in [1.807, 2.05) is 49.4 Å². The Morgan fingerprint density at radius 3 is 1.47 bits per heavy atom. The number of nitrogens with zero attached hydrogens (tertiary/aromatic N) is 4. The van der Waals surface area contributed by atoms with Gasteiger partial charge in [-0.05, 0) is 42.8 Å². The molecule has 0 aliphatic carbocycles. The van der Waals surface area contributed by atoms with Crippen molar-refractivity contribution < 1.29 is 48.1 Å². The summed E-state index contributed by atoms with van der Waals surface area (Å²) >= 11 is 1.52. The van der Waals surface area contributed by atoms with Crippen LogP contribution in [0, 0.1) is 6.92 Å². The third-order valence-corrected chi connectivity index (χ3v) is 7.69. The summed E-state index contributed by atoms with van der Waals surface area (Å²) in [5, 5.41) is 26.8. The highest BCUT2D eigenvalue weighted by atomic mass is 32.1. The van der Waals surface area contributed by atoms with Crippen LogP contribution in [0.15, 0.2) is 52.7 Å². The van der Waals surface area contributed by atoms with Crippen LogP contribution >= 0.6 is 11.3 Å². The SMILES string of the molecule is Cc1cccc2sc(/N=N/c3ccc(N(CCOCCOCCOCCOCCO)CCOCCOCCOCCOCCO)cc3)nc12. The van der Waals surface area contributed by atoms with Crippen molar-refractivity contribution >= 4 is 38.1 Å². The third kappa shape index (κ3) is 18.2. The number of anilines is 1. The molecule has 3 rings (SSSR count). The number of aliphatic hydroxyl groups excluding tert-OH is 2. The Labute approximate surface area is 292 Å². The van der Waals surface area contributed by atoms with Crippen LogP contribution in [0.25, 0.3) is 10.2 Å².